The summed E-state index contributed by atoms with van der Waals surface area (Å²) in [5.41, 5.74) is 1.78. The number of aryl methyl sites for hydroxylation is 1. The third-order valence-electron chi connectivity index (χ3n) is 5.36. The van der Waals surface area contributed by atoms with Crippen molar-refractivity contribution in [1.29, 1.82) is 0 Å². The van der Waals surface area contributed by atoms with E-state index in [1.54, 1.807) is 0 Å². The number of hydrogen-bond donors (Lipinski definition) is 1. The molecular weight excluding hydrogens is 258 g/mol. The molecule has 0 radical (unpaired) electrons. The summed E-state index contributed by atoms with van der Waals surface area (Å²) < 4.78 is 5.94. The first kappa shape index (κ1) is 15.1. The molecule has 1 saturated carbocycles. The second-order valence-electron chi connectivity index (χ2n) is 8.10. The molecule has 21 heavy (non-hydrogen) atoms. The lowest BCUT2D eigenvalue weighted by atomic mass is 9.74. The second-order valence-corrected chi connectivity index (χ2v) is 8.10. The molecule has 0 amide bonds. The largest absolute Gasteiger partial charge is 0.466 e. The van der Waals surface area contributed by atoms with Crippen LogP contribution >= 0.6 is 0 Å². The van der Waals surface area contributed by atoms with E-state index in [1.165, 1.54) is 62.8 Å². The minimum Gasteiger partial charge on any atom is -0.466 e. The third-order valence-corrected chi connectivity index (χ3v) is 5.36. The van der Waals surface area contributed by atoms with Gasteiger partial charge in [-0.25, -0.2) is 0 Å². The van der Waals surface area contributed by atoms with Gasteiger partial charge in [0.25, 0.3) is 0 Å². The van der Waals surface area contributed by atoms with Crippen molar-refractivity contribution in [3.8, 4) is 0 Å². The van der Waals surface area contributed by atoms with Gasteiger partial charge >= 0.3 is 0 Å². The molecule has 1 atom stereocenters. The number of furan rings is 1. The van der Waals surface area contributed by atoms with Gasteiger partial charge in [0.15, 0.2) is 0 Å². The van der Waals surface area contributed by atoms with Crippen molar-refractivity contribution in [2.45, 2.75) is 78.2 Å². The molecule has 3 rings (SSSR count). The first-order valence-electron chi connectivity index (χ1n) is 8.86. The van der Waals surface area contributed by atoms with Gasteiger partial charge in [0.05, 0.1) is 0 Å². The van der Waals surface area contributed by atoms with Crippen LogP contribution < -0.4 is 5.32 Å². The maximum atomic E-state index is 5.94. The lowest BCUT2D eigenvalue weighted by Gasteiger charge is -2.35. The van der Waals surface area contributed by atoms with Crippen molar-refractivity contribution in [3.05, 3.63) is 23.2 Å². The van der Waals surface area contributed by atoms with Crippen LogP contribution in [0.5, 0.6) is 0 Å². The van der Waals surface area contributed by atoms with E-state index >= 15 is 0 Å². The summed E-state index contributed by atoms with van der Waals surface area (Å²) in [5, 5.41) is 3.88. The van der Waals surface area contributed by atoms with Crippen LogP contribution in [0.25, 0.3) is 0 Å². The zero-order valence-corrected chi connectivity index (χ0v) is 14.0. The van der Waals surface area contributed by atoms with Gasteiger partial charge in [-0.2, -0.15) is 0 Å². The highest BCUT2D eigenvalue weighted by Gasteiger charge is 2.34. The smallest absolute Gasteiger partial charge is 0.109 e. The zero-order valence-electron chi connectivity index (χ0n) is 14.0. The number of rotatable bonds is 3. The molecule has 1 unspecified atom stereocenters. The number of hydrogen-bond acceptors (Lipinski definition) is 2. The van der Waals surface area contributed by atoms with E-state index in [4.69, 9.17) is 4.42 Å². The van der Waals surface area contributed by atoms with E-state index in [-0.39, 0.29) is 0 Å². The predicted molar refractivity (Wildman–Crippen MR) is 87.5 cm³/mol. The van der Waals surface area contributed by atoms with Gasteiger partial charge in [0.1, 0.15) is 11.5 Å². The molecular formula is C19H31NO. The molecule has 2 aliphatic carbocycles. The Kier molecular flexibility index (Phi) is 4.44. The second kappa shape index (κ2) is 6.16. The monoisotopic (exact) mass is 289 g/mol. The van der Waals surface area contributed by atoms with E-state index in [0.717, 1.165) is 18.1 Å². The standard InChI is InChI=1S/C19H31NO/c1-14-10-16-17(11-19(2,3)12-18(16)21-14)20-13-15-8-6-4-5-7-9-15/h10,15,17,20H,4-9,11-13H2,1-3H3. The van der Waals surface area contributed by atoms with Crippen LogP contribution in [-0.2, 0) is 6.42 Å². The highest BCUT2D eigenvalue weighted by atomic mass is 16.3. The highest BCUT2D eigenvalue weighted by molar-refractivity contribution is 5.29. The van der Waals surface area contributed by atoms with Gasteiger partial charge in [-0.05, 0) is 50.1 Å². The minimum absolute atomic E-state index is 0.346. The van der Waals surface area contributed by atoms with E-state index in [9.17, 15) is 0 Å². The Morgan fingerprint density at radius 1 is 1.19 bits per heavy atom. The van der Waals surface area contributed by atoms with Crippen LogP contribution in [0.3, 0.4) is 0 Å². The first-order valence-corrected chi connectivity index (χ1v) is 8.86. The van der Waals surface area contributed by atoms with Gasteiger partial charge in [-0.15, -0.1) is 0 Å². The molecule has 2 heteroatoms. The van der Waals surface area contributed by atoms with E-state index in [2.05, 4.69) is 32.2 Å². The molecule has 0 aromatic carbocycles. The Balaban J connectivity index is 1.66. The Morgan fingerprint density at radius 2 is 1.90 bits per heavy atom. The predicted octanol–water partition coefficient (Wildman–Crippen LogP) is 5.16. The average molecular weight is 289 g/mol. The van der Waals surface area contributed by atoms with Gasteiger partial charge in [-0.1, -0.05) is 39.5 Å². The maximum absolute atomic E-state index is 5.94. The van der Waals surface area contributed by atoms with Crippen LogP contribution in [0.15, 0.2) is 10.5 Å². The molecule has 2 nitrogen and oxygen atoms in total. The normalized spacial score (nSPS) is 26.3. The molecule has 0 spiro atoms. The van der Waals surface area contributed by atoms with E-state index in [1.807, 2.05) is 0 Å². The van der Waals surface area contributed by atoms with Crippen molar-refractivity contribution < 1.29 is 4.42 Å². The average Bonchev–Trinajstić information content (AvgIpc) is 2.63. The minimum atomic E-state index is 0.346. The van der Waals surface area contributed by atoms with Crippen LogP contribution in [0.1, 0.15) is 81.9 Å². The van der Waals surface area contributed by atoms with Crippen molar-refractivity contribution in [1.82, 2.24) is 5.32 Å². The molecule has 1 heterocycles. The summed E-state index contributed by atoms with van der Waals surface area (Å²) in [6, 6.07) is 2.75. The molecule has 2 aliphatic rings. The number of nitrogens with one attached hydrogen (secondary N) is 1. The molecule has 0 bridgehead atoms. The molecule has 1 aromatic heterocycles. The van der Waals surface area contributed by atoms with Crippen LogP contribution in [-0.4, -0.2) is 6.54 Å². The molecule has 1 fully saturated rings. The first-order chi connectivity index (χ1) is 10.0. The quantitative estimate of drug-likeness (QED) is 0.777. The van der Waals surface area contributed by atoms with E-state index in [0.29, 0.717) is 11.5 Å². The zero-order chi connectivity index (χ0) is 14.9. The molecule has 1 aromatic rings. The van der Waals surface area contributed by atoms with Gasteiger partial charge in [0, 0.05) is 18.0 Å². The Hall–Kier alpha value is -0.760. The summed E-state index contributed by atoms with van der Waals surface area (Å²) in [6.45, 7) is 8.00. The van der Waals surface area contributed by atoms with Crippen molar-refractivity contribution in [3.63, 3.8) is 0 Å². The lowest BCUT2D eigenvalue weighted by molar-refractivity contribution is 0.227. The van der Waals surface area contributed by atoms with Crippen LogP contribution in [0.4, 0.5) is 0 Å². The van der Waals surface area contributed by atoms with Crippen LogP contribution in [0.2, 0.25) is 0 Å². The van der Waals surface area contributed by atoms with Crippen molar-refractivity contribution in [2.24, 2.45) is 11.3 Å². The summed E-state index contributed by atoms with van der Waals surface area (Å²) in [5.74, 6) is 3.18. The molecule has 118 valence electrons. The fraction of sp³-hybridized carbons (Fsp3) is 0.789. The third kappa shape index (κ3) is 3.71. The van der Waals surface area contributed by atoms with Gasteiger partial charge in [-0.3, -0.25) is 0 Å². The fourth-order valence-corrected chi connectivity index (χ4v) is 4.24. The fourth-order valence-electron chi connectivity index (χ4n) is 4.24. The Morgan fingerprint density at radius 3 is 2.62 bits per heavy atom. The topological polar surface area (TPSA) is 25.2 Å². The molecule has 0 aliphatic heterocycles. The summed E-state index contributed by atoms with van der Waals surface area (Å²) >= 11 is 0. The number of fused-ring (bicyclic) bond motifs is 1. The summed E-state index contributed by atoms with van der Waals surface area (Å²) in [4.78, 5) is 0. The van der Waals surface area contributed by atoms with Gasteiger partial charge < -0.3 is 9.73 Å². The highest BCUT2D eigenvalue weighted by Crippen LogP contribution is 2.42. The lowest BCUT2D eigenvalue weighted by Crippen LogP contribution is -2.35. The van der Waals surface area contributed by atoms with E-state index < -0.39 is 0 Å². The molecule has 1 N–H and O–H groups in total. The van der Waals surface area contributed by atoms with Crippen molar-refractivity contribution in [2.75, 3.05) is 6.54 Å². The van der Waals surface area contributed by atoms with Crippen LogP contribution in [0, 0.1) is 18.3 Å². The van der Waals surface area contributed by atoms with Crippen molar-refractivity contribution >= 4 is 0 Å². The Labute approximate surface area is 129 Å². The van der Waals surface area contributed by atoms with Gasteiger partial charge in [0.2, 0.25) is 0 Å². The SMILES string of the molecule is Cc1cc2c(o1)CC(C)(C)CC2NCC1CCCCCC1. The molecule has 0 saturated heterocycles. The summed E-state index contributed by atoms with van der Waals surface area (Å²) in [6.07, 6.45) is 10.9. The summed E-state index contributed by atoms with van der Waals surface area (Å²) in [7, 11) is 0. The maximum Gasteiger partial charge on any atom is 0.109 e. The Bertz CT molecular complexity index is 466.